The summed E-state index contributed by atoms with van der Waals surface area (Å²) >= 11 is 5.25. The van der Waals surface area contributed by atoms with Crippen LogP contribution in [0.1, 0.15) is 18.4 Å². The van der Waals surface area contributed by atoms with E-state index in [1.165, 1.54) is 22.2 Å². The van der Waals surface area contributed by atoms with E-state index in [2.05, 4.69) is 44.6 Å². The lowest BCUT2D eigenvalue weighted by molar-refractivity contribution is 0.109. The summed E-state index contributed by atoms with van der Waals surface area (Å²) in [5.74, 6) is 0. The molecule has 0 aliphatic carbocycles. The Bertz CT molecular complexity index is 353. The third-order valence-corrected chi connectivity index (χ3v) is 4.69. The molecule has 3 nitrogen and oxygen atoms in total. The first kappa shape index (κ1) is 14.5. The molecule has 0 saturated carbocycles. The summed E-state index contributed by atoms with van der Waals surface area (Å²) in [6.07, 6.45) is 2.88. The first-order valence-corrected chi connectivity index (χ1v) is 8.15. The molecule has 0 spiro atoms. The number of hydrogen-bond donors (Lipinski definition) is 1. The molecule has 5 heteroatoms. The maximum atomic E-state index is 5.58. The van der Waals surface area contributed by atoms with Gasteiger partial charge in [-0.05, 0) is 52.8 Å². The molecule has 1 saturated heterocycles. The molecular formula is C13H21BrN2OS. The minimum Gasteiger partial charge on any atom is -0.377 e. The van der Waals surface area contributed by atoms with Crippen molar-refractivity contribution in [2.24, 2.45) is 0 Å². The Morgan fingerprint density at radius 3 is 3.17 bits per heavy atom. The molecule has 18 heavy (non-hydrogen) atoms. The van der Waals surface area contributed by atoms with Crippen molar-refractivity contribution >= 4 is 27.3 Å². The second-order valence-corrected chi connectivity index (χ2v) is 7.13. The average molecular weight is 333 g/mol. The molecular weight excluding hydrogens is 312 g/mol. The van der Waals surface area contributed by atoms with Crippen LogP contribution < -0.4 is 5.32 Å². The minimum absolute atomic E-state index is 0.447. The van der Waals surface area contributed by atoms with Gasteiger partial charge >= 0.3 is 0 Å². The van der Waals surface area contributed by atoms with E-state index in [-0.39, 0.29) is 0 Å². The molecule has 0 radical (unpaired) electrons. The summed E-state index contributed by atoms with van der Waals surface area (Å²) in [7, 11) is 2.17. The van der Waals surface area contributed by atoms with Gasteiger partial charge in [-0.3, -0.25) is 0 Å². The summed E-state index contributed by atoms with van der Waals surface area (Å²) in [4.78, 5) is 2.34. The Hall–Kier alpha value is 0.0600. The van der Waals surface area contributed by atoms with Gasteiger partial charge in [-0.2, -0.15) is 0 Å². The van der Waals surface area contributed by atoms with Crippen LogP contribution >= 0.6 is 27.3 Å². The quantitative estimate of drug-likeness (QED) is 0.777. The summed E-state index contributed by atoms with van der Waals surface area (Å²) in [6, 6.07) is 2.20. The summed E-state index contributed by atoms with van der Waals surface area (Å²) < 4.78 is 6.79. The Labute approximate surface area is 122 Å². The predicted molar refractivity (Wildman–Crippen MR) is 80.2 cm³/mol. The number of likely N-dealkylation sites (N-methyl/N-ethyl adjacent to an activating group) is 1. The van der Waals surface area contributed by atoms with E-state index in [0.717, 1.165) is 32.8 Å². The van der Waals surface area contributed by atoms with Gasteiger partial charge < -0.3 is 15.0 Å². The normalized spacial score (nSPS) is 19.8. The molecule has 2 heterocycles. The summed E-state index contributed by atoms with van der Waals surface area (Å²) in [6.45, 7) is 5.06. The summed E-state index contributed by atoms with van der Waals surface area (Å²) in [5.41, 5.74) is 1.38. The number of halogens is 1. The molecule has 0 aromatic carbocycles. The molecule has 102 valence electrons. The van der Waals surface area contributed by atoms with Crippen molar-refractivity contribution in [3.63, 3.8) is 0 Å². The largest absolute Gasteiger partial charge is 0.377 e. The molecule has 0 amide bonds. The van der Waals surface area contributed by atoms with Crippen molar-refractivity contribution in [3.05, 3.63) is 20.8 Å². The first-order valence-electron chi connectivity index (χ1n) is 6.48. The maximum absolute atomic E-state index is 5.58. The van der Waals surface area contributed by atoms with Crippen molar-refractivity contribution < 1.29 is 4.74 Å². The van der Waals surface area contributed by atoms with Crippen LogP contribution in [0.25, 0.3) is 0 Å². The van der Waals surface area contributed by atoms with E-state index in [1.807, 2.05) is 0 Å². The third kappa shape index (κ3) is 4.97. The smallest absolute Gasteiger partial charge is 0.0701 e. The third-order valence-electron chi connectivity index (χ3n) is 3.14. The van der Waals surface area contributed by atoms with Gasteiger partial charge in [0.1, 0.15) is 0 Å². The fraction of sp³-hybridized carbons (Fsp3) is 0.692. The highest BCUT2D eigenvalue weighted by molar-refractivity contribution is 9.11. The van der Waals surface area contributed by atoms with Gasteiger partial charge in [-0.15, -0.1) is 11.3 Å². The Morgan fingerprint density at radius 2 is 2.50 bits per heavy atom. The van der Waals surface area contributed by atoms with E-state index >= 15 is 0 Å². The minimum atomic E-state index is 0.447. The second kappa shape index (κ2) is 7.60. The van der Waals surface area contributed by atoms with Crippen molar-refractivity contribution in [1.82, 2.24) is 10.2 Å². The van der Waals surface area contributed by atoms with Crippen LogP contribution in [-0.4, -0.2) is 44.3 Å². The average Bonchev–Trinajstić information content (AvgIpc) is 2.96. The molecule has 1 aliphatic heterocycles. The summed E-state index contributed by atoms with van der Waals surface area (Å²) in [5, 5.41) is 5.68. The fourth-order valence-electron chi connectivity index (χ4n) is 2.16. The zero-order valence-corrected chi connectivity index (χ0v) is 13.2. The van der Waals surface area contributed by atoms with Crippen LogP contribution in [0.5, 0.6) is 0 Å². The standard InChI is InChI=1S/C13H21BrN2OS/c1-16(9-11-7-13(14)18-10-11)5-4-15-8-12-3-2-6-17-12/h7,10,12,15H,2-6,8-9H2,1H3. The van der Waals surface area contributed by atoms with Crippen molar-refractivity contribution in [2.75, 3.05) is 33.3 Å². The van der Waals surface area contributed by atoms with Crippen molar-refractivity contribution in [2.45, 2.75) is 25.5 Å². The van der Waals surface area contributed by atoms with Crippen LogP contribution in [0.15, 0.2) is 15.2 Å². The number of ether oxygens (including phenoxy) is 1. The molecule has 1 unspecified atom stereocenters. The lowest BCUT2D eigenvalue weighted by atomic mass is 10.2. The van der Waals surface area contributed by atoms with E-state index < -0.39 is 0 Å². The zero-order valence-electron chi connectivity index (χ0n) is 10.8. The van der Waals surface area contributed by atoms with Crippen LogP contribution in [0, 0.1) is 0 Å². The number of hydrogen-bond acceptors (Lipinski definition) is 4. The van der Waals surface area contributed by atoms with E-state index in [9.17, 15) is 0 Å². The topological polar surface area (TPSA) is 24.5 Å². The monoisotopic (exact) mass is 332 g/mol. The van der Waals surface area contributed by atoms with Gasteiger partial charge in [0, 0.05) is 32.8 Å². The maximum Gasteiger partial charge on any atom is 0.0701 e. The van der Waals surface area contributed by atoms with Crippen LogP contribution in [0.3, 0.4) is 0 Å². The van der Waals surface area contributed by atoms with E-state index in [0.29, 0.717) is 6.10 Å². The van der Waals surface area contributed by atoms with Gasteiger partial charge in [0.05, 0.1) is 9.89 Å². The number of nitrogens with zero attached hydrogens (tertiary/aromatic N) is 1. The first-order chi connectivity index (χ1) is 8.74. The molecule has 0 bridgehead atoms. The Morgan fingerprint density at radius 1 is 1.61 bits per heavy atom. The lowest BCUT2D eigenvalue weighted by Crippen LogP contribution is -2.33. The second-order valence-electron chi connectivity index (χ2n) is 4.84. The SMILES string of the molecule is CN(CCNCC1CCCO1)Cc1csc(Br)c1. The number of rotatable bonds is 7. The predicted octanol–water partition coefficient (Wildman–Crippen LogP) is 2.71. The lowest BCUT2D eigenvalue weighted by Gasteiger charge is -2.17. The number of thiophene rings is 1. The van der Waals surface area contributed by atoms with Crippen molar-refractivity contribution in [3.8, 4) is 0 Å². The fourth-order valence-corrected chi connectivity index (χ4v) is 3.36. The highest BCUT2D eigenvalue weighted by Gasteiger charge is 2.14. The zero-order chi connectivity index (χ0) is 12.8. The molecule has 2 rings (SSSR count). The van der Waals surface area contributed by atoms with Gasteiger partial charge in [-0.25, -0.2) is 0 Å². The van der Waals surface area contributed by atoms with Gasteiger partial charge in [0.2, 0.25) is 0 Å². The molecule has 1 atom stereocenters. The van der Waals surface area contributed by atoms with Gasteiger partial charge in [0.15, 0.2) is 0 Å². The molecule has 1 aromatic rings. The number of nitrogens with one attached hydrogen (secondary N) is 1. The van der Waals surface area contributed by atoms with Gasteiger partial charge in [-0.1, -0.05) is 0 Å². The Balaban J connectivity index is 1.55. The van der Waals surface area contributed by atoms with Crippen LogP contribution in [-0.2, 0) is 11.3 Å². The van der Waals surface area contributed by atoms with Crippen molar-refractivity contribution in [1.29, 1.82) is 0 Å². The highest BCUT2D eigenvalue weighted by Crippen LogP contribution is 2.21. The van der Waals surface area contributed by atoms with E-state index in [1.54, 1.807) is 11.3 Å². The van der Waals surface area contributed by atoms with Crippen LogP contribution in [0.2, 0.25) is 0 Å². The molecule has 1 N–H and O–H groups in total. The molecule has 1 fully saturated rings. The highest BCUT2D eigenvalue weighted by atomic mass is 79.9. The molecule has 1 aliphatic rings. The molecule has 1 aromatic heterocycles. The van der Waals surface area contributed by atoms with E-state index in [4.69, 9.17) is 4.74 Å². The Kier molecular flexibility index (Phi) is 6.11. The van der Waals surface area contributed by atoms with Gasteiger partial charge in [0.25, 0.3) is 0 Å². The van der Waals surface area contributed by atoms with Crippen LogP contribution in [0.4, 0.5) is 0 Å².